The van der Waals surface area contributed by atoms with E-state index in [0.29, 0.717) is 5.92 Å². The molecule has 25 heavy (non-hydrogen) atoms. The fourth-order valence-electron chi connectivity index (χ4n) is 3.53. The number of likely N-dealkylation sites (tertiary alicyclic amines) is 1. The second kappa shape index (κ2) is 7.83. The lowest BCUT2D eigenvalue weighted by molar-refractivity contribution is 0.324. The van der Waals surface area contributed by atoms with Crippen LogP contribution in [-0.4, -0.2) is 33.8 Å². The monoisotopic (exact) mass is 354 g/mol. The number of aromatic nitrogens is 2. The molecule has 1 aromatic heterocycles. The zero-order valence-corrected chi connectivity index (χ0v) is 14.8. The molecule has 2 aromatic carbocycles. The Kier molecular flexibility index (Phi) is 5.53. The molecule has 4 nitrogen and oxygen atoms in total. The molecule has 3 aromatic rings. The van der Waals surface area contributed by atoms with Crippen LogP contribution in [0.15, 0.2) is 73.1 Å². The summed E-state index contributed by atoms with van der Waals surface area (Å²) >= 11 is 0. The van der Waals surface area contributed by atoms with Crippen LogP contribution in [0.2, 0.25) is 0 Å². The third-order valence-corrected chi connectivity index (χ3v) is 4.78. The van der Waals surface area contributed by atoms with Crippen molar-refractivity contribution in [2.24, 2.45) is 5.73 Å². The van der Waals surface area contributed by atoms with Crippen LogP contribution in [0.3, 0.4) is 0 Å². The third kappa shape index (κ3) is 3.93. The molecule has 0 saturated carbocycles. The lowest BCUT2D eigenvalue weighted by Crippen LogP contribution is -2.28. The Morgan fingerprint density at radius 3 is 2.40 bits per heavy atom. The molecular weight excluding hydrogens is 332 g/mol. The van der Waals surface area contributed by atoms with Crippen LogP contribution in [0.4, 0.5) is 0 Å². The van der Waals surface area contributed by atoms with E-state index in [1.165, 1.54) is 11.1 Å². The molecule has 0 aliphatic carbocycles. The molecule has 0 radical (unpaired) electrons. The molecule has 1 aliphatic rings. The van der Waals surface area contributed by atoms with E-state index < -0.39 is 0 Å². The molecule has 2 N–H and O–H groups in total. The Bertz CT molecular complexity index is 771. The Morgan fingerprint density at radius 1 is 0.960 bits per heavy atom. The van der Waals surface area contributed by atoms with Crippen molar-refractivity contribution >= 4 is 12.4 Å². The molecule has 0 bridgehead atoms. The first kappa shape index (κ1) is 17.7. The number of hydrogen-bond acceptors (Lipinski definition) is 3. The number of nitrogens with zero attached hydrogens (tertiary/aromatic N) is 3. The van der Waals surface area contributed by atoms with E-state index in [4.69, 9.17) is 5.73 Å². The second-order valence-electron chi connectivity index (χ2n) is 6.49. The maximum Gasteiger partial charge on any atom is 0.0645 e. The van der Waals surface area contributed by atoms with E-state index in [2.05, 4.69) is 64.6 Å². The highest BCUT2D eigenvalue weighted by molar-refractivity contribution is 5.85. The van der Waals surface area contributed by atoms with Crippen molar-refractivity contribution in [3.63, 3.8) is 0 Å². The van der Waals surface area contributed by atoms with Gasteiger partial charge in [0.2, 0.25) is 0 Å². The van der Waals surface area contributed by atoms with E-state index in [1.54, 1.807) is 6.20 Å². The van der Waals surface area contributed by atoms with Gasteiger partial charge in [-0.15, -0.1) is 12.4 Å². The van der Waals surface area contributed by atoms with E-state index in [9.17, 15) is 0 Å². The summed E-state index contributed by atoms with van der Waals surface area (Å²) in [4.78, 5) is 2.45. The number of benzene rings is 2. The highest BCUT2D eigenvalue weighted by atomic mass is 35.5. The first-order valence-electron chi connectivity index (χ1n) is 8.41. The summed E-state index contributed by atoms with van der Waals surface area (Å²) in [6.45, 7) is 2.91. The van der Waals surface area contributed by atoms with E-state index >= 15 is 0 Å². The van der Waals surface area contributed by atoms with Gasteiger partial charge in [-0.05, 0) is 29.3 Å². The largest absolute Gasteiger partial charge is 0.326 e. The van der Waals surface area contributed by atoms with Gasteiger partial charge in [-0.1, -0.05) is 42.5 Å². The van der Waals surface area contributed by atoms with Crippen LogP contribution >= 0.6 is 12.4 Å². The summed E-state index contributed by atoms with van der Waals surface area (Å²) in [6.07, 6.45) is 3.75. The molecular formula is C20H23ClN4. The predicted octanol–water partition coefficient (Wildman–Crippen LogP) is 3.22. The van der Waals surface area contributed by atoms with Crippen LogP contribution < -0.4 is 5.73 Å². The maximum absolute atomic E-state index is 6.39. The minimum absolute atomic E-state index is 0. The van der Waals surface area contributed by atoms with Gasteiger partial charge in [-0.25, -0.2) is 4.68 Å². The number of hydrogen-bond donors (Lipinski definition) is 1. The van der Waals surface area contributed by atoms with Gasteiger partial charge in [0.05, 0.1) is 5.69 Å². The smallest absolute Gasteiger partial charge is 0.0645 e. The quantitative estimate of drug-likeness (QED) is 0.782. The predicted molar refractivity (Wildman–Crippen MR) is 103 cm³/mol. The molecule has 1 aliphatic heterocycles. The average Bonchev–Trinajstić information content (AvgIpc) is 3.26. The van der Waals surface area contributed by atoms with E-state index in [-0.39, 0.29) is 18.4 Å². The molecule has 0 unspecified atom stereocenters. The fraction of sp³-hybridized carbons (Fsp3) is 0.250. The van der Waals surface area contributed by atoms with Crippen molar-refractivity contribution in [3.05, 3.63) is 84.2 Å². The topological polar surface area (TPSA) is 47.1 Å². The molecule has 130 valence electrons. The lowest BCUT2D eigenvalue weighted by Gasteiger charge is -2.16. The molecule has 4 rings (SSSR count). The minimum Gasteiger partial charge on any atom is -0.326 e. The Hall–Kier alpha value is -2.14. The Labute approximate surface area is 154 Å². The molecule has 2 heterocycles. The zero-order valence-electron chi connectivity index (χ0n) is 14.0. The summed E-state index contributed by atoms with van der Waals surface area (Å²) in [5, 5.41) is 4.26. The fourth-order valence-corrected chi connectivity index (χ4v) is 3.53. The summed E-state index contributed by atoms with van der Waals surface area (Å²) in [7, 11) is 0. The minimum atomic E-state index is 0. The van der Waals surface area contributed by atoms with E-state index in [1.807, 2.05) is 16.9 Å². The van der Waals surface area contributed by atoms with Gasteiger partial charge in [0.25, 0.3) is 0 Å². The zero-order chi connectivity index (χ0) is 16.4. The average molecular weight is 355 g/mol. The van der Waals surface area contributed by atoms with Gasteiger partial charge in [-0.3, -0.25) is 4.90 Å². The third-order valence-electron chi connectivity index (χ3n) is 4.78. The Morgan fingerprint density at radius 2 is 1.72 bits per heavy atom. The number of rotatable bonds is 4. The van der Waals surface area contributed by atoms with Gasteiger partial charge in [0, 0.05) is 44.0 Å². The van der Waals surface area contributed by atoms with Crippen molar-refractivity contribution < 1.29 is 0 Å². The summed E-state index contributed by atoms with van der Waals surface area (Å²) < 4.78 is 1.88. The van der Waals surface area contributed by atoms with Crippen molar-refractivity contribution in [2.45, 2.75) is 18.5 Å². The van der Waals surface area contributed by atoms with Crippen LogP contribution in [0, 0.1) is 0 Å². The molecule has 1 fully saturated rings. The van der Waals surface area contributed by atoms with Crippen LogP contribution in [-0.2, 0) is 6.54 Å². The second-order valence-corrected chi connectivity index (χ2v) is 6.49. The SMILES string of the molecule is Cl.N[C@@H]1CN(Cc2ccc(-n3cccn3)cc2)C[C@H]1c1ccccc1. The summed E-state index contributed by atoms with van der Waals surface area (Å²) in [6, 6.07) is 21.4. The molecule has 2 atom stereocenters. The molecule has 5 heteroatoms. The summed E-state index contributed by atoms with van der Waals surface area (Å²) in [5.74, 6) is 0.426. The highest BCUT2D eigenvalue weighted by Crippen LogP contribution is 2.27. The van der Waals surface area contributed by atoms with Crippen LogP contribution in [0.1, 0.15) is 17.0 Å². The van der Waals surface area contributed by atoms with Crippen molar-refractivity contribution in [3.8, 4) is 5.69 Å². The van der Waals surface area contributed by atoms with Crippen molar-refractivity contribution in [1.82, 2.24) is 14.7 Å². The summed E-state index contributed by atoms with van der Waals surface area (Å²) in [5.41, 5.74) is 10.1. The van der Waals surface area contributed by atoms with Gasteiger partial charge in [0.1, 0.15) is 0 Å². The highest BCUT2D eigenvalue weighted by Gasteiger charge is 2.30. The standard InChI is InChI=1S/C20H22N4.ClH/c21-20-15-23(14-19(20)17-5-2-1-3-6-17)13-16-7-9-18(10-8-16)24-12-4-11-22-24;/h1-12,19-20H,13-15,21H2;1H/t19-,20+;/m0./s1. The first-order chi connectivity index (χ1) is 11.8. The van der Waals surface area contributed by atoms with E-state index in [0.717, 1.165) is 25.3 Å². The normalized spacial score (nSPS) is 20.4. The lowest BCUT2D eigenvalue weighted by atomic mass is 9.95. The number of nitrogens with two attached hydrogens (primary N) is 1. The van der Waals surface area contributed by atoms with Crippen LogP contribution in [0.5, 0.6) is 0 Å². The van der Waals surface area contributed by atoms with Crippen LogP contribution in [0.25, 0.3) is 5.69 Å². The van der Waals surface area contributed by atoms with Gasteiger partial charge in [-0.2, -0.15) is 5.10 Å². The first-order valence-corrected chi connectivity index (χ1v) is 8.41. The Balaban J connectivity index is 0.00000182. The molecule has 1 saturated heterocycles. The molecule has 0 amide bonds. The van der Waals surface area contributed by atoms with Gasteiger partial charge < -0.3 is 5.73 Å². The number of halogens is 1. The van der Waals surface area contributed by atoms with Crippen molar-refractivity contribution in [1.29, 1.82) is 0 Å². The maximum atomic E-state index is 6.39. The molecule has 0 spiro atoms. The van der Waals surface area contributed by atoms with Crippen molar-refractivity contribution in [2.75, 3.05) is 13.1 Å². The van der Waals surface area contributed by atoms with Gasteiger partial charge >= 0.3 is 0 Å². The van der Waals surface area contributed by atoms with Gasteiger partial charge in [0.15, 0.2) is 0 Å².